The zero-order valence-corrected chi connectivity index (χ0v) is 12.5. The van der Waals surface area contributed by atoms with E-state index < -0.39 is 0 Å². The van der Waals surface area contributed by atoms with E-state index in [4.69, 9.17) is 0 Å². The van der Waals surface area contributed by atoms with Crippen LogP contribution in [0.5, 0.6) is 0 Å². The van der Waals surface area contributed by atoms with Gasteiger partial charge in [0.2, 0.25) is 0 Å². The van der Waals surface area contributed by atoms with E-state index in [0.29, 0.717) is 12.0 Å². The molecule has 0 fully saturated rings. The van der Waals surface area contributed by atoms with Crippen molar-refractivity contribution in [1.82, 2.24) is 19.8 Å². The highest BCUT2D eigenvalue weighted by molar-refractivity contribution is 4.92. The molecule has 1 atom stereocenters. The first-order valence-corrected chi connectivity index (χ1v) is 6.92. The molecule has 1 N–H and O–H groups in total. The van der Waals surface area contributed by atoms with Gasteiger partial charge in [-0.15, -0.1) is 0 Å². The van der Waals surface area contributed by atoms with Crippen LogP contribution in [-0.2, 0) is 13.1 Å². The first-order valence-electron chi connectivity index (χ1n) is 6.92. The Hall–Kier alpha value is -0.870. The number of nitrogens with zero attached hydrogens (tertiary/aromatic N) is 3. The van der Waals surface area contributed by atoms with E-state index in [2.05, 4.69) is 60.8 Å². The predicted molar refractivity (Wildman–Crippen MR) is 76.5 cm³/mol. The highest BCUT2D eigenvalue weighted by Gasteiger charge is 2.14. The summed E-state index contributed by atoms with van der Waals surface area (Å²) in [5.41, 5.74) is 0. The second kappa shape index (κ2) is 7.54. The molecule has 0 aliphatic rings. The predicted octanol–water partition coefficient (Wildman–Crippen LogP) is 1.97. The van der Waals surface area contributed by atoms with E-state index in [1.165, 1.54) is 0 Å². The van der Waals surface area contributed by atoms with E-state index in [1.54, 1.807) is 0 Å². The minimum atomic E-state index is 0.506. The highest BCUT2D eigenvalue weighted by atomic mass is 15.1. The zero-order chi connectivity index (χ0) is 13.5. The molecule has 0 saturated carbocycles. The Morgan fingerprint density at radius 2 is 2.11 bits per heavy atom. The molecule has 1 heterocycles. The van der Waals surface area contributed by atoms with Crippen LogP contribution in [0, 0.1) is 5.92 Å². The fourth-order valence-corrected chi connectivity index (χ4v) is 2.08. The molecule has 0 spiro atoms. The summed E-state index contributed by atoms with van der Waals surface area (Å²) in [7, 11) is 4.24. The van der Waals surface area contributed by atoms with Crippen LogP contribution >= 0.6 is 0 Å². The molecule has 0 radical (unpaired) electrons. The summed E-state index contributed by atoms with van der Waals surface area (Å²) in [4.78, 5) is 6.66. The maximum absolute atomic E-state index is 4.43. The fourth-order valence-electron chi connectivity index (χ4n) is 2.08. The van der Waals surface area contributed by atoms with Crippen LogP contribution in [0.4, 0.5) is 0 Å². The Morgan fingerprint density at radius 3 is 2.67 bits per heavy atom. The lowest BCUT2D eigenvalue weighted by molar-refractivity contribution is 0.285. The smallest absolute Gasteiger partial charge is 0.122 e. The molecule has 0 amide bonds. The lowest BCUT2D eigenvalue weighted by Gasteiger charge is -2.25. The van der Waals surface area contributed by atoms with Crippen LogP contribution in [0.2, 0.25) is 0 Å². The standard InChI is InChI=1S/C14H28N4/c1-6-8-18-9-7-15-14(18)10-16-13(12(2)3)11-17(4)5/h7,9,12-13,16H,6,8,10-11H2,1-5H3. The number of aryl methyl sites for hydroxylation is 1. The van der Waals surface area contributed by atoms with E-state index in [1.807, 2.05) is 6.20 Å². The van der Waals surface area contributed by atoms with Gasteiger partial charge in [0.25, 0.3) is 0 Å². The van der Waals surface area contributed by atoms with Gasteiger partial charge in [-0.25, -0.2) is 4.98 Å². The molecule has 0 saturated heterocycles. The Kier molecular flexibility index (Phi) is 6.36. The van der Waals surface area contributed by atoms with Crippen molar-refractivity contribution >= 4 is 0 Å². The van der Waals surface area contributed by atoms with Crippen LogP contribution in [-0.4, -0.2) is 41.1 Å². The maximum Gasteiger partial charge on any atom is 0.122 e. The third kappa shape index (κ3) is 4.78. The number of hydrogen-bond acceptors (Lipinski definition) is 3. The number of aromatic nitrogens is 2. The number of likely N-dealkylation sites (N-methyl/N-ethyl adjacent to an activating group) is 1. The lowest BCUT2D eigenvalue weighted by Crippen LogP contribution is -2.42. The molecule has 4 heteroatoms. The van der Waals surface area contributed by atoms with Gasteiger partial charge >= 0.3 is 0 Å². The normalized spacial score (nSPS) is 13.5. The van der Waals surface area contributed by atoms with Gasteiger partial charge in [-0.05, 0) is 26.4 Å². The molecular formula is C14H28N4. The number of hydrogen-bond donors (Lipinski definition) is 1. The van der Waals surface area contributed by atoms with Crippen LogP contribution in [0.15, 0.2) is 12.4 Å². The van der Waals surface area contributed by atoms with Crippen molar-refractivity contribution in [2.24, 2.45) is 5.92 Å². The van der Waals surface area contributed by atoms with Crippen LogP contribution < -0.4 is 5.32 Å². The zero-order valence-electron chi connectivity index (χ0n) is 12.5. The van der Waals surface area contributed by atoms with Crippen LogP contribution in [0.3, 0.4) is 0 Å². The number of nitrogens with one attached hydrogen (secondary N) is 1. The summed E-state index contributed by atoms with van der Waals surface area (Å²) >= 11 is 0. The topological polar surface area (TPSA) is 33.1 Å². The van der Waals surface area contributed by atoms with Gasteiger partial charge in [0.05, 0.1) is 6.54 Å². The monoisotopic (exact) mass is 252 g/mol. The Morgan fingerprint density at radius 1 is 1.39 bits per heavy atom. The summed E-state index contributed by atoms with van der Waals surface area (Å²) < 4.78 is 2.24. The van der Waals surface area contributed by atoms with Crippen LogP contribution in [0.1, 0.15) is 33.0 Å². The van der Waals surface area contributed by atoms with E-state index in [0.717, 1.165) is 31.9 Å². The Labute approximate surface area is 111 Å². The summed E-state index contributed by atoms with van der Waals surface area (Å²) in [5.74, 6) is 1.77. The van der Waals surface area contributed by atoms with Gasteiger partial charge < -0.3 is 14.8 Å². The molecule has 104 valence electrons. The molecule has 0 aromatic carbocycles. The minimum absolute atomic E-state index is 0.506. The molecule has 0 bridgehead atoms. The van der Waals surface area contributed by atoms with Gasteiger partial charge in [0.15, 0.2) is 0 Å². The molecule has 18 heavy (non-hydrogen) atoms. The van der Waals surface area contributed by atoms with Gasteiger partial charge in [-0.3, -0.25) is 0 Å². The molecule has 1 aromatic rings. The van der Waals surface area contributed by atoms with E-state index in [9.17, 15) is 0 Å². The van der Waals surface area contributed by atoms with Crippen molar-refractivity contribution in [3.8, 4) is 0 Å². The van der Waals surface area contributed by atoms with Crippen molar-refractivity contribution < 1.29 is 0 Å². The van der Waals surface area contributed by atoms with Crippen molar-refractivity contribution in [1.29, 1.82) is 0 Å². The molecule has 0 aliphatic carbocycles. The molecule has 4 nitrogen and oxygen atoms in total. The third-order valence-electron chi connectivity index (χ3n) is 3.16. The minimum Gasteiger partial charge on any atom is -0.334 e. The lowest BCUT2D eigenvalue weighted by atomic mass is 10.0. The molecule has 0 aliphatic heterocycles. The first-order chi connectivity index (χ1) is 8.54. The van der Waals surface area contributed by atoms with E-state index >= 15 is 0 Å². The Balaban J connectivity index is 2.53. The molecule has 1 unspecified atom stereocenters. The Bertz CT molecular complexity index is 330. The van der Waals surface area contributed by atoms with E-state index in [-0.39, 0.29) is 0 Å². The third-order valence-corrected chi connectivity index (χ3v) is 3.16. The quantitative estimate of drug-likeness (QED) is 0.768. The maximum atomic E-state index is 4.43. The van der Waals surface area contributed by atoms with Crippen molar-refractivity contribution in [2.45, 2.75) is 46.3 Å². The molecule has 1 aromatic heterocycles. The number of rotatable bonds is 8. The fraction of sp³-hybridized carbons (Fsp3) is 0.786. The second-order valence-corrected chi connectivity index (χ2v) is 5.53. The average Bonchev–Trinajstić information content (AvgIpc) is 2.71. The summed E-state index contributed by atoms with van der Waals surface area (Å²) in [6, 6.07) is 0.506. The highest BCUT2D eigenvalue weighted by Crippen LogP contribution is 2.05. The largest absolute Gasteiger partial charge is 0.334 e. The number of imidazole rings is 1. The molecule has 1 rings (SSSR count). The second-order valence-electron chi connectivity index (χ2n) is 5.53. The molecular weight excluding hydrogens is 224 g/mol. The summed E-state index contributed by atoms with van der Waals surface area (Å²) in [6.45, 7) is 9.69. The summed E-state index contributed by atoms with van der Waals surface area (Å²) in [6.07, 6.45) is 5.11. The van der Waals surface area contributed by atoms with Crippen LogP contribution in [0.25, 0.3) is 0 Å². The van der Waals surface area contributed by atoms with Gasteiger partial charge in [0.1, 0.15) is 5.82 Å². The van der Waals surface area contributed by atoms with Crippen molar-refractivity contribution in [3.63, 3.8) is 0 Å². The van der Waals surface area contributed by atoms with Gasteiger partial charge in [0, 0.05) is 31.5 Å². The average molecular weight is 252 g/mol. The SMILES string of the molecule is CCCn1ccnc1CNC(CN(C)C)C(C)C. The first kappa shape index (κ1) is 15.2. The van der Waals surface area contributed by atoms with Gasteiger partial charge in [-0.2, -0.15) is 0 Å². The van der Waals surface area contributed by atoms with Crippen molar-refractivity contribution in [2.75, 3.05) is 20.6 Å². The van der Waals surface area contributed by atoms with Gasteiger partial charge in [-0.1, -0.05) is 20.8 Å². The summed E-state index contributed by atoms with van der Waals surface area (Å²) in [5, 5.41) is 3.63. The van der Waals surface area contributed by atoms with Crippen molar-refractivity contribution in [3.05, 3.63) is 18.2 Å².